The first-order valence-corrected chi connectivity index (χ1v) is 12.0. The molecule has 0 fully saturated rings. The standard InChI is InChI=1S/C29H40N2/c1-8-11-23-13-10-14-24(12-9-2)28(23)31-26-17-25(18-29(6,7)19-26)30-27-21(4)15-20(3)16-22(27)5/h10,13-17,31H,8-9,11-12,18-19H2,1-7H3/b30-25-. The Balaban J connectivity index is 2.01. The van der Waals surface area contributed by atoms with Gasteiger partial charge in [-0.1, -0.05) is 76.4 Å². The van der Waals surface area contributed by atoms with E-state index in [2.05, 4.69) is 90.2 Å². The summed E-state index contributed by atoms with van der Waals surface area (Å²) in [5, 5.41) is 3.88. The Morgan fingerprint density at radius 2 is 1.48 bits per heavy atom. The van der Waals surface area contributed by atoms with Gasteiger partial charge in [0, 0.05) is 17.1 Å². The summed E-state index contributed by atoms with van der Waals surface area (Å²) in [6, 6.07) is 11.3. The molecule has 0 aromatic heterocycles. The number of aliphatic imine (C=N–C) groups is 1. The van der Waals surface area contributed by atoms with E-state index in [1.807, 2.05) is 0 Å². The number of hydrogen-bond acceptors (Lipinski definition) is 2. The van der Waals surface area contributed by atoms with Gasteiger partial charge in [0.05, 0.1) is 5.69 Å². The smallest absolute Gasteiger partial charge is 0.0691 e. The highest BCUT2D eigenvalue weighted by Gasteiger charge is 2.27. The van der Waals surface area contributed by atoms with Crippen molar-refractivity contribution in [1.82, 2.24) is 0 Å². The van der Waals surface area contributed by atoms with Crippen molar-refractivity contribution in [1.29, 1.82) is 0 Å². The molecule has 2 heteroatoms. The van der Waals surface area contributed by atoms with E-state index >= 15 is 0 Å². The summed E-state index contributed by atoms with van der Waals surface area (Å²) in [5.41, 5.74) is 11.8. The fourth-order valence-corrected chi connectivity index (χ4v) is 4.95. The van der Waals surface area contributed by atoms with Crippen molar-refractivity contribution in [2.75, 3.05) is 5.32 Å². The first kappa shape index (κ1) is 23.3. The van der Waals surface area contributed by atoms with Crippen molar-refractivity contribution in [3.8, 4) is 0 Å². The number of anilines is 1. The Bertz CT molecular complexity index is 945. The largest absolute Gasteiger partial charge is 0.358 e. The van der Waals surface area contributed by atoms with Gasteiger partial charge in [0.25, 0.3) is 0 Å². The number of allylic oxidation sites excluding steroid dienone is 2. The SMILES string of the molecule is CCCc1cccc(CCC)c1NC1=C/C(=N/c2c(C)cc(C)cc2C)CC(C)(C)C1. The van der Waals surface area contributed by atoms with Gasteiger partial charge < -0.3 is 5.32 Å². The topological polar surface area (TPSA) is 24.4 Å². The molecule has 0 heterocycles. The molecule has 2 nitrogen and oxygen atoms in total. The predicted molar refractivity (Wildman–Crippen MR) is 137 cm³/mol. The van der Waals surface area contributed by atoms with E-state index in [0.29, 0.717) is 0 Å². The van der Waals surface area contributed by atoms with Crippen LogP contribution in [0.1, 0.15) is 81.2 Å². The van der Waals surface area contributed by atoms with E-state index in [9.17, 15) is 0 Å². The fourth-order valence-electron chi connectivity index (χ4n) is 4.95. The minimum Gasteiger partial charge on any atom is -0.358 e. The Morgan fingerprint density at radius 1 is 0.903 bits per heavy atom. The molecule has 31 heavy (non-hydrogen) atoms. The third-order valence-corrected chi connectivity index (χ3v) is 6.12. The molecule has 0 saturated heterocycles. The van der Waals surface area contributed by atoms with E-state index in [1.165, 1.54) is 44.9 Å². The molecule has 2 aromatic carbocycles. The average Bonchev–Trinajstić information content (AvgIpc) is 2.66. The third kappa shape index (κ3) is 5.87. The normalized spacial score (nSPS) is 17.0. The molecule has 0 spiro atoms. The first-order valence-electron chi connectivity index (χ1n) is 12.0. The molecule has 2 aromatic rings. The highest BCUT2D eigenvalue weighted by atomic mass is 14.9. The van der Waals surface area contributed by atoms with Crippen LogP contribution in [0.5, 0.6) is 0 Å². The van der Waals surface area contributed by atoms with Crippen LogP contribution >= 0.6 is 0 Å². The Hall–Kier alpha value is -2.35. The number of hydrogen-bond donors (Lipinski definition) is 1. The van der Waals surface area contributed by atoms with Crippen molar-refractivity contribution in [3.05, 3.63) is 69.9 Å². The molecule has 166 valence electrons. The van der Waals surface area contributed by atoms with E-state index in [-0.39, 0.29) is 5.41 Å². The molecular formula is C29H40N2. The van der Waals surface area contributed by atoms with Crippen molar-refractivity contribution in [2.24, 2.45) is 10.4 Å². The molecule has 0 amide bonds. The zero-order valence-corrected chi connectivity index (χ0v) is 20.7. The monoisotopic (exact) mass is 416 g/mol. The van der Waals surface area contributed by atoms with Crippen LogP contribution in [0.3, 0.4) is 0 Å². The molecule has 0 aliphatic heterocycles. The molecular weight excluding hydrogens is 376 g/mol. The van der Waals surface area contributed by atoms with E-state index < -0.39 is 0 Å². The van der Waals surface area contributed by atoms with Crippen LogP contribution in [-0.4, -0.2) is 5.71 Å². The minimum absolute atomic E-state index is 0.188. The van der Waals surface area contributed by atoms with Gasteiger partial charge >= 0.3 is 0 Å². The van der Waals surface area contributed by atoms with E-state index in [0.717, 1.165) is 44.2 Å². The van der Waals surface area contributed by atoms with Crippen LogP contribution in [0.25, 0.3) is 0 Å². The molecule has 0 saturated carbocycles. The van der Waals surface area contributed by atoms with Gasteiger partial charge in [-0.15, -0.1) is 0 Å². The van der Waals surface area contributed by atoms with Crippen LogP contribution < -0.4 is 5.32 Å². The number of nitrogens with one attached hydrogen (secondary N) is 1. The quantitative estimate of drug-likeness (QED) is 0.481. The number of para-hydroxylation sites is 1. The molecule has 3 rings (SSSR count). The zero-order chi connectivity index (χ0) is 22.6. The van der Waals surface area contributed by atoms with Crippen LogP contribution in [0.2, 0.25) is 0 Å². The summed E-state index contributed by atoms with van der Waals surface area (Å²) >= 11 is 0. The molecule has 1 N–H and O–H groups in total. The van der Waals surface area contributed by atoms with E-state index in [4.69, 9.17) is 4.99 Å². The number of nitrogens with zero attached hydrogens (tertiary/aromatic N) is 1. The van der Waals surface area contributed by atoms with Gasteiger partial charge in [0.2, 0.25) is 0 Å². The maximum Gasteiger partial charge on any atom is 0.0691 e. The number of benzene rings is 2. The van der Waals surface area contributed by atoms with Crippen molar-refractivity contribution >= 4 is 17.1 Å². The number of aryl methyl sites for hydroxylation is 5. The summed E-state index contributed by atoms with van der Waals surface area (Å²) < 4.78 is 0. The summed E-state index contributed by atoms with van der Waals surface area (Å²) in [4.78, 5) is 5.16. The van der Waals surface area contributed by atoms with Gasteiger partial charge in [0.15, 0.2) is 0 Å². The van der Waals surface area contributed by atoms with E-state index in [1.54, 1.807) is 0 Å². The second-order valence-electron chi connectivity index (χ2n) is 10.1. The maximum absolute atomic E-state index is 5.16. The molecule has 1 aliphatic carbocycles. The summed E-state index contributed by atoms with van der Waals surface area (Å²) in [6.07, 6.45) is 8.90. The lowest BCUT2D eigenvalue weighted by Crippen LogP contribution is -2.25. The highest BCUT2D eigenvalue weighted by Crippen LogP contribution is 2.37. The van der Waals surface area contributed by atoms with Gasteiger partial charge in [-0.2, -0.15) is 0 Å². The van der Waals surface area contributed by atoms with Crippen molar-refractivity contribution < 1.29 is 0 Å². The summed E-state index contributed by atoms with van der Waals surface area (Å²) in [5.74, 6) is 0. The molecule has 0 bridgehead atoms. The predicted octanol–water partition coefficient (Wildman–Crippen LogP) is 8.41. The minimum atomic E-state index is 0.188. The molecule has 0 unspecified atom stereocenters. The summed E-state index contributed by atoms with van der Waals surface area (Å²) in [7, 11) is 0. The Labute approximate surface area is 189 Å². The van der Waals surface area contributed by atoms with Gasteiger partial charge in [-0.05, 0) is 80.2 Å². The second kappa shape index (κ2) is 9.85. The van der Waals surface area contributed by atoms with Gasteiger partial charge in [-0.25, -0.2) is 0 Å². The summed E-state index contributed by atoms with van der Waals surface area (Å²) in [6.45, 7) is 15.7. The van der Waals surface area contributed by atoms with Crippen molar-refractivity contribution in [2.45, 2.75) is 87.0 Å². The Kier molecular flexibility index (Phi) is 7.41. The fraction of sp³-hybridized carbons (Fsp3) is 0.483. The highest BCUT2D eigenvalue weighted by molar-refractivity contribution is 5.99. The van der Waals surface area contributed by atoms with Crippen LogP contribution in [0, 0.1) is 26.2 Å². The lowest BCUT2D eigenvalue weighted by molar-refractivity contribution is 0.374. The molecule has 1 aliphatic rings. The van der Waals surface area contributed by atoms with Crippen LogP contribution in [0.15, 0.2) is 47.1 Å². The zero-order valence-electron chi connectivity index (χ0n) is 20.7. The van der Waals surface area contributed by atoms with Crippen LogP contribution in [-0.2, 0) is 12.8 Å². The van der Waals surface area contributed by atoms with Gasteiger partial charge in [0.1, 0.15) is 0 Å². The molecule has 0 atom stereocenters. The average molecular weight is 417 g/mol. The molecule has 0 radical (unpaired) electrons. The lowest BCUT2D eigenvalue weighted by atomic mass is 9.78. The van der Waals surface area contributed by atoms with Crippen molar-refractivity contribution in [3.63, 3.8) is 0 Å². The maximum atomic E-state index is 5.16. The third-order valence-electron chi connectivity index (χ3n) is 6.12. The second-order valence-corrected chi connectivity index (χ2v) is 10.1. The van der Waals surface area contributed by atoms with Gasteiger partial charge in [-0.3, -0.25) is 4.99 Å². The lowest BCUT2D eigenvalue weighted by Gasteiger charge is -2.32. The first-order chi connectivity index (χ1) is 14.7. The van der Waals surface area contributed by atoms with Crippen LogP contribution in [0.4, 0.5) is 11.4 Å². The number of rotatable bonds is 7. The Morgan fingerprint density at radius 3 is 2.03 bits per heavy atom.